The van der Waals surface area contributed by atoms with Crippen LogP contribution >= 0.6 is 0 Å². The SMILES string of the molecule is Cn1cc(C#Cc2cnc(Nc3ccnc(-c4cnn(S(=O)(=O)C5CC5)c4)n3)cc2N2CCC(C)(CO)CC2)cn1. The lowest BCUT2D eigenvalue weighted by Gasteiger charge is -2.39. The topological polar surface area (TPSA) is 144 Å². The van der Waals surface area contributed by atoms with E-state index in [0.29, 0.717) is 35.9 Å². The second-order valence-electron chi connectivity index (χ2n) is 10.9. The van der Waals surface area contributed by atoms with Crippen molar-refractivity contribution in [2.24, 2.45) is 12.5 Å². The molecule has 0 radical (unpaired) electrons. The molecule has 4 aromatic heterocycles. The molecule has 0 unspecified atom stereocenters. The Labute approximate surface area is 238 Å². The molecule has 6 rings (SSSR count). The largest absolute Gasteiger partial charge is 0.396 e. The Kier molecular flexibility index (Phi) is 6.96. The molecule has 1 aliphatic heterocycles. The molecule has 41 heavy (non-hydrogen) atoms. The Bertz CT molecular complexity index is 1740. The second-order valence-corrected chi connectivity index (χ2v) is 13.0. The van der Waals surface area contributed by atoms with Crippen LogP contribution in [-0.4, -0.2) is 72.4 Å². The highest BCUT2D eigenvalue weighted by Gasteiger charge is 2.37. The molecule has 2 N–H and O–H groups in total. The van der Waals surface area contributed by atoms with Gasteiger partial charge in [-0.05, 0) is 37.2 Å². The van der Waals surface area contributed by atoms with E-state index in [2.05, 4.69) is 54.1 Å². The normalized spacial score (nSPS) is 16.7. The highest BCUT2D eigenvalue weighted by molar-refractivity contribution is 7.90. The number of rotatable bonds is 7. The average Bonchev–Trinajstić information content (AvgIpc) is 3.58. The number of pyridine rings is 1. The molecule has 0 aromatic carbocycles. The van der Waals surface area contributed by atoms with Crippen molar-refractivity contribution in [1.29, 1.82) is 0 Å². The Morgan fingerprint density at radius 1 is 1.07 bits per heavy atom. The quantitative estimate of drug-likeness (QED) is 0.317. The minimum absolute atomic E-state index is 0.0880. The van der Waals surface area contributed by atoms with Gasteiger partial charge in [0.05, 0.1) is 46.2 Å². The fourth-order valence-electron chi connectivity index (χ4n) is 4.72. The Morgan fingerprint density at radius 3 is 2.59 bits per heavy atom. The van der Waals surface area contributed by atoms with E-state index in [-0.39, 0.29) is 17.3 Å². The molecular formula is C28H31N9O3S. The van der Waals surface area contributed by atoms with Crippen LogP contribution < -0.4 is 10.2 Å². The maximum atomic E-state index is 12.5. The molecule has 2 aliphatic rings. The molecule has 0 spiro atoms. The van der Waals surface area contributed by atoms with Crippen LogP contribution in [0.3, 0.4) is 0 Å². The second kappa shape index (κ2) is 10.6. The fraction of sp³-hybridized carbons (Fsp3) is 0.393. The number of hydrogen-bond acceptors (Lipinski definition) is 10. The van der Waals surface area contributed by atoms with Crippen LogP contribution in [0.25, 0.3) is 11.4 Å². The molecule has 5 heterocycles. The zero-order valence-electron chi connectivity index (χ0n) is 22.9. The molecule has 2 fully saturated rings. The number of nitrogens with one attached hydrogen (secondary N) is 1. The molecule has 4 aromatic rings. The van der Waals surface area contributed by atoms with Gasteiger partial charge in [-0.3, -0.25) is 4.68 Å². The lowest BCUT2D eigenvalue weighted by Crippen LogP contribution is -2.40. The fourth-order valence-corrected chi connectivity index (χ4v) is 6.19. The van der Waals surface area contributed by atoms with Crippen LogP contribution in [0, 0.1) is 17.3 Å². The lowest BCUT2D eigenvalue weighted by molar-refractivity contribution is 0.115. The lowest BCUT2D eigenvalue weighted by atomic mass is 9.81. The minimum Gasteiger partial charge on any atom is -0.396 e. The smallest absolute Gasteiger partial charge is 0.256 e. The van der Waals surface area contributed by atoms with E-state index < -0.39 is 10.0 Å². The predicted octanol–water partition coefficient (Wildman–Crippen LogP) is 2.55. The van der Waals surface area contributed by atoms with E-state index in [4.69, 9.17) is 0 Å². The van der Waals surface area contributed by atoms with Gasteiger partial charge >= 0.3 is 0 Å². The zero-order valence-corrected chi connectivity index (χ0v) is 23.7. The van der Waals surface area contributed by atoms with Crippen molar-refractivity contribution in [3.05, 3.63) is 60.4 Å². The summed E-state index contributed by atoms with van der Waals surface area (Å²) < 4.78 is 27.8. The summed E-state index contributed by atoms with van der Waals surface area (Å²) in [5.74, 6) is 7.87. The standard InChI is InChI=1S/C28H31N9O3S/c1-28(19-38)8-11-36(12-9-28)24-13-26(30-15-21(24)4-3-20-14-31-35(2)17-20)33-25-7-10-29-27(34-25)22-16-32-37(18-22)41(39,40)23-5-6-23/h7,10,13-18,23,38H,5-6,8-9,11-12,19H2,1-2H3,(H,29,30,33,34). The first-order valence-corrected chi connectivity index (χ1v) is 15.0. The molecule has 0 atom stereocenters. The van der Waals surface area contributed by atoms with E-state index in [9.17, 15) is 13.5 Å². The number of aryl methyl sites for hydroxylation is 1. The third-order valence-corrected chi connectivity index (χ3v) is 9.59. The first-order valence-electron chi connectivity index (χ1n) is 13.5. The summed E-state index contributed by atoms with van der Waals surface area (Å²) >= 11 is 0. The van der Waals surface area contributed by atoms with Crippen LogP contribution in [-0.2, 0) is 17.1 Å². The molecule has 12 nitrogen and oxygen atoms in total. The van der Waals surface area contributed by atoms with Crippen LogP contribution in [0.15, 0.2) is 49.3 Å². The molecule has 1 saturated heterocycles. The van der Waals surface area contributed by atoms with Crippen molar-refractivity contribution in [3.8, 4) is 23.2 Å². The summed E-state index contributed by atoms with van der Waals surface area (Å²) in [6.07, 6.45) is 12.9. The highest BCUT2D eigenvalue weighted by Crippen LogP contribution is 2.35. The minimum atomic E-state index is -3.47. The van der Waals surface area contributed by atoms with Gasteiger partial charge in [-0.15, -0.1) is 0 Å². The van der Waals surface area contributed by atoms with E-state index in [0.717, 1.165) is 46.8 Å². The summed E-state index contributed by atoms with van der Waals surface area (Å²) in [7, 11) is -1.62. The van der Waals surface area contributed by atoms with Crippen molar-refractivity contribution in [3.63, 3.8) is 0 Å². The maximum Gasteiger partial charge on any atom is 0.256 e. The van der Waals surface area contributed by atoms with Crippen molar-refractivity contribution in [2.75, 3.05) is 29.9 Å². The van der Waals surface area contributed by atoms with Crippen LogP contribution in [0.1, 0.15) is 43.7 Å². The van der Waals surface area contributed by atoms with Gasteiger partial charge in [0.1, 0.15) is 11.6 Å². The molecule has 1 aliphatic carbocycles. The van der Waals surface area contributed by atoms with Crippen LogP contribution in [0.4, 0.5) is 17.3 Å². The molecular weight excluding hydrogens is 542 g/mol. The van der Waals surface area contributed by atoms with Crippen molar-refractivity contribution >= 4 is 27.3 Å². The number of aromatic nitrogens is 7. The van der Waals surface area contributed by atoms with E-state index in [1.165, 1.54) is 12.4 Å². The van der Waals surface area contributed by atoms with Crippen molar-refractivity contribution in [2.45, 2.75) is 37.9 Å². The molecule has 1 saturated carbocycles. The van der Waals surface area contributed by atoms with Gasteiger partial charge in [0.25, 0.3) is 10.0 Å². The van der Waals surface area contributed by atoms with Crippen LogP contribution in [0.5, 0.6) is 0 Å². The summed E-state index contributed by atoms with van der Waals surface area (Å²) in [6.45, 7) is 3.85. The predicted molar refractivity (Wildman–Crippen MR) is 154 cm³/mol. The van der Waals surface area contributed by atoms with Gasteiger partial charge in [0.2, 0.25) is 0 Å². The molecule has 212 valence electrons. The number of piperidine rings is 1. The van der Waals surface area contributed by atoms with Crippen LogP contribution in [0.2, 0.25) is 0 Å². The van der Waals surface area contributed by atoms with Gasteiger partial charge in [-0.2, -0.15) is 14.3 Å². The zero-order chi connectivity index (χ0) is 28.6. The number of hydrogen-bond donors (Lipinski definition) is 2. The van der Waals surface area contributed by atoms with E-state index in [1.807, 2.05) is 19.3 Å². The van der Waals surface area contributed by atoms with Gasteiger partial charge < -0.3 is 15.3 Å². The maximum absolute atomic E-state index is 12.5. The Balaban J connectivity index is 1.27. The summed E-state index contributed by atoms with van der Waals surface area (Å²) in [5.41, 5.74) is 2.97. The first kappa shape index (κ1) is 26.9. The molecule has 0 bridgehead atoms. The highest BCUT2D eigenvalue weighted by atomic mass is 32.2. The third kappa shape index (κ3) is 5.79. The average molecular weight is 574 g/mol. The van der Waals surface area contributed by atoms with Crippen molar-refractivity contribution in [1.82, 2.24) is 33.9 Å². The third-order valence-electron chi connectivity index (χ3n) is 7.56. The van der Waals surface area contributed by atoms with Gasteiger partial charge in [0, 0.05) is 51.4 Å². The molecule has 0 amide bonds. The number of anilines is 3. The number of aliphatic hydroxyl groups is 1. The first-order chi connectivity index (χ1) is 19.7. The van der Waals surface area contributed by atoms with Gasteiger partial charge in [-0.25, -0.2) is 23.4 Å². The van der Waals surface area contributed by atoms with Crippen molar-refractivity contribution < 1.29 is 13.5 Å². The summed E-state index contributed by atoms with van der Waals surface area (Å²) in [6, 6.07) is 3.68. The van der Waals surface area contributed by atoms with E-state index in [1.54, 1.807) is 29.3 Å². The van der Waals surface area contributed by atoms with Gasteiger partial charge in [0.15, 0.2) is 5.82 Å². The number of nitrogens with zero attached hydrogens (tertiary/aromatic N) is 8. The Hall–Kier alpha value is -4.28. The summed E-state index contributed by atoms with van der Waals surface area (Å²) in [5, 5.41) is 21.0. The molecule has 13 heteroatoms. The Morgan fingerprint density at radius 2 is 1.88 bits per heavy atom. The monoisotopic (exact) mass is 573 g/mol. The van der Waals surface area contributed by atoms with Gasteiger partial charge in [-0.1, -0.05) is 18.8 Å². The number of aliphatic hydroxyl groups excluding tert-OH is 1. The van der Waals surface area contributed by atoms with E-state index >= 15 is 0 Å². The summed E-state index contributed by atoms with van der Waals surface area (Å²) in [4.78, 5) is 15.8.